The fraction of sp³-hybridized carbons (Fsp3) is 0.583. The number of amides is 2. The minimum atomic E-state index is -1.02. The Hall–Kier alpha value is -1.63. The van der Waals surface area contributed by atoms with Crippen molar-refractivity contribution < 1.29 is 14.7 Å². The average molecular weight is 285 g/mol. The van der Waals surface area contributed by atoms with E-state index in [0.717, 1.165) is 5.01 Å². The van der Waals surface area contributed by atoms with Gasteiger partial charge in [0.1, 0.15) is 11.0 Å². The molecule has 1 heterocycles. The van der Waals surface area contributed by atoms with Gasteiger partial charge in [-0.15, -0.1) is 11.3 Å². The van der Waals surface area contributed by atoms with Crippen LogP contribution in [0.1, 0.15) is 38.6 Å². The van der Waals surface area contributed by atoms with Gasteiger partial charge in [-0.3, -0.25) is 0 Å². The maximum Gasteiger partial charge on any atom is 0.326 e. The second-order valence-electron chi connectivity index (χ2n) is 4.74. The van der Waals surface area contributed by atoms with E-state index >= 15 is 0 Å². The number of hydrogen-bond acceptors (Lipinski definition) is 4. The maximum atomic E-state index is 11.8. The van der Waals surface area contributed by atoms with Crippen molar-refractivity contribution in [1.29, 1.82) is 0 Å². The fourth-order valence-corrected chi connectivity index (χ4v) is 2.33. The van der Waals surface area contributed by atoms with Gasteiger partial charge in [0.25, 0.3) is 0 Å². The Morgan fingerprint density at radius 2 is 2.21 bits per heavy atom. The Kier molecular flexibility index (Phi) is 5.29. The second kappa shape index (κ2) is 6.51. The maximum absolute atomic E-state index is 11.8. The standard InChI is InChI=1S/C12H19N3O3S/c1-4-5-8(9(16)17)14-11(18)15-12(2,3)10-13-6-7-19-10/h6-8H,4-5H2,1-3H3,(H,16,17)(H2,14,15,18)/t8-/m1/s1. The minimum absolute atomic E-state index is 0.403. The molecular formula is C12H19N3O3S. The van der Waals surface area contributed by atoms with E-state index in [-0.39, 0.29) is 0 Å². The highest BCUT2D eigenvalue weighted by Gasteiger charge is 2.27. The molecule has 1 rings (SSSR count). The number of carbonyl (C=O) groups excluding carboxylic acids is 1. The second-order valence-corrected chi connectivity index (χ2v) is 5.63. The van der Waals surface area contributed by atoms with E-state index < -0.39 is 23.6 Å². The van der Waals surface area contributed by atoms with Gasteiger partial charge in [-0.2, -0.15) is 0 Å². The molecule has 1 aromatic heterocycles. The van der Waals surface area contributed by atoms with Crippen molar-refractivity contribution in [3.63, 3.8) is 0 Å². The van der Waals surface area contributed by atoms with Gasteiger partial charge in [-0.05, 0) is 20.3 Å². The molecular weight excluding hydrogens is 266 g/mol. The number of aromatic nitrogens is 1. The zero-order chi connectivity index (χ0) is 14.5. The van der Waals surface area contributed by atoms with E-state index in [1.807, 2.05) is 26.2 Å². The Labute approximate surface area is 116 Å². The largest absolute Gasteiger partial charge is 0.480 e. The molecule has 0 saturated heterocycles. The Morgan fingerprint density at radius 1 is 1.53 bits per heavy atom. The molecule has 19 heavy (non-hydrogen) atoms. The Morgan fingerprint density at radius 3 is 2.68 bits per heavy atom. The van der Waals surface area contributed by atoms with Crippen LogP contribution in [0.4, 0.5) is 4.79 Å². The molecule has 0 aliphatic heterocycles. The molecule has 0 spiro atoms. The third-order valence-corrected chi connectivity index (χ3v) is 3.67. The van der Waals surface area contributed by atoms with Crippen molar-refractivity contribution in [3.05, 3.63) is 16.6 Å². The number of urea groups is 1. The van der Waals surface area contributed by atoms with E-state index in [1.54, 1.807) is 6.20 Å². The van der Waals surface area contributed by atoms with Crippen LogP contribution in [0.15, 0.2) is 11.6 Å². The van der Waals surface area contributed by atoms with Crippen LogP contribution in [0.5, 0.6) is 0 Å². The summed E-state index contributed by atoms with van der Waals surface area (Å²) < 4.78 is 0. The highest BCUT2D eigenvalue weighted by Crippen LogP contribution is 2.21. The molecule has 0 radical (unpaired) electrons. The van der Waals surface area contributed by atoms with Crippen LogP contribution in [-0.4, -0.2) is 28.1 Å². The van der Waals surface area contributed by atoms with Gasteiger partial charge in [0.15, 0.2) is 0 Å². The number of carboxylic acids is 1. The van der Waals surface area contributed by atoms with Gasteiger partial charge in [0, 0.05) is 11.6 Å². The lowest BCUT2D eigenvalue weighted by molar-refractivity contribution is -0.139. The highest BCUT2D eigenvalue weighted by atomic mass is 32.1. The van der Waals surface area contributed by atoms with E-state index in [4.69, 9.17) is 5.11 Å². The number of hydrogen-bond donors (Lipinski definition) is 3. The molecule has 0 aliphatic carbocycles. The summed E-state index contributed by atoms with van der Waals surface area (Å²) in [5.74, 6) is -1.02. The van der Waals surface area contributed by atoms with Crippen LogP contribution < -0.4 is 10.6 Å². The van der Waals surface area contributed by atoms with Crippen molar-refractivity contribution >= 4 is 23.3 Å². The highest BCUT2D eigenvalue weighted by molar-refractivity contribution is 7.09. The molecule has 0 fully saturated rings. The van der Waals surface area contributed by atoms with Gasteiger partial charge in [-0.1, -0.05) is 13.3 Å². The molecule has 0 bridgehead atoms. The summed E-state index contributed by atoms with van der Waals surface area (Å²) in [6.45, 7) is 5.51. The molecule has 0 aromatic carbocycles. The van der Waals surface area contributed by atoms with Gasteiger partial charge < -0.3 is 15.7 Å². The minimum Gasteiger partial charge on any atom is -0.480 e. The summed E-state index contributed by atoms with van der Waals surface area (Å²) in [6, 6.07) is -1.36. The van der Waals surface area contributed by atoms with Crippen molar-refractivity contribution in [2.75, 3.05) is 0 Å². The van der Waals surface area contributed by atoms with E-state index in [9.17, 15) is 9.59 Å². The third-order valence-electron chi connectivity index (χ3n) is 2.57. The molecule has 0 unspecified atom stereocenters. The summed E-state index contributed by atoms with van der Waals surface area (Å²) in [7, 11) is 0. The first-order valence-electron chi connectivity index (χ1n) is 6.08. The molecule has 2 amide bonds. The lowest BCUT2D eigenvalue weighted by Gasteiger charge is -2.25. The fourth-order valence-electron chi connectivity index (χ4n) is 1.61. The zero-order valence-corrected chi connectivity index (χ0v) is 12.1. The van der Waals surface area contributed by atoms with Crippen LogP contribution >= 0.6 is 11.3 Å². The lowest BCUT2D eigenvalue weighted by atomic mass is 10.1. The van der Waals surface area contributed by atoms with E-state index in [2.05, 4.69) is 15.6 Å². The number of nitrogens with one attached hydrogen (secondary N) is 2. The quantitative estimate of drug-likeness (QED) is 0.744. The predicted octanol–water partition coefficient (Wildman–Crippen LogP) is 1.93. The molecule has 106 valence electrons. The first-order chi connectivity index (χ1) is 8.86. The van der Waals surface area contributed by atoms with Crippen molar-refractivity contribution in [3.8, 4) is 0 Å². The number of nitrogens with zero attached hydrogens (tertiary/aromatic N) is 1. The Bertz CT molecular complexity index is 431. The number of aliphatic carboxylic acids is 1. The first-order valence-corrected chi connectivity index (χ1v) is 6.96. The Balaban J connectivity index is 2.61. The van der Waals surface area contributed by atoms with Gasteiger partial charge in [-0.25, -0.2) is 14.6 Å². The molecule has 0 aliphatic rings. The molecule has 1 atom stereocenters. The van der Waals surface area contributed by atoms with Crippen LogP contribution in [0.2, 0.25) is 0 Å². The van der Waals surface area contributed by atoms with Gasteiger partial charge in [0.05, 0.1) is 5.54 Å². The van der Waals surface area contributed by atoms with Crippen LogP contribution in [-0.2, 0) is 10.3 Å². The molecule has 0 saturated carbocycles. The van der Waals surface area contributed by atoms with Crippen LogP contribution in [0.3, 0.4) is 0 Å². The monoisotopic (exact) mass is 285 g/mol. The van der Waals surface area contributed by atoms with Crippen LogP contribution in [0.25, 0.3) is 0 Å². The van der Waals surface area contributed by atoms with Gasteiger partial charge in [0.2, 0.25) is 0 Å². The number of carbonyl (C=O) groups is 2. The van der Waals surface area contributed by atoms with E-state index in [1.165, 1.54) is 11.3 Å². The normalized spacial score (nSPS) is 12.8. The summed E-state index contributed by atoms with van der Waals surface area (Å²) in [6.07, 6.45) is 2.76. The van der Waals surface area contributed by atoms with E-state index in [0.29, 0.717) is 12.8 Å². The van der Waals surface area contributed by atoms with Crippen molar-refractivity contribution in [1.82, 2.24) is 15.6 Å². The van der Waals surface area contributed by atoms with Gasteiger partial charge >= 0.3 is 12.0 Å². The molecule has 6 nitrogen and oxygen atoms in total. The summed E-state index contributed by atoms with van der Waals surface area (Å²) in [4.78, 5) is 27.0. The number of carboxylic acid groups (broad SMARTS) is 1. The average Bonchev–Trinajstić information content (AvgIpc) is 2.81. The van der Waals surface area contributed by atoms with Crippen LogP contribution in [0, 0.1) is 0 Å². The third kappa shape index (κ3) is 4.51. The first kappa shape index (κ1) is 15.4. The lowest BCUT2D eigenvalue weighted by Crippen LogP contribution is -2.51. The SMILES string of the molecule is CCC[C@@H](NC(=O)NC(C)(C)c1nccs1)C(=O)O. The molecule has 1 aromatic rings. The molecule has 7 heteroatoms. The topological polar surface area (TPSA) is 91.3 Å². The summed E-state index contributed by atoms with van der Waals surface area (Å²) >= 11 is 1.44. The summed E-state index contributed by atoms with van der Waals surface area (Å²) in [5, 5.41) is 16.8. The number of thiazole rings is 1. The smallest absolute Gasteiger partial charge is 0.326 e. The van der Waals surface area contributed by atoms with Crippen molar-refractivity contribution in [2.45, 2.75) is 45.2 Å². The zero-order valence-electron chi connectivity index (χ0n) is 11.3. The summed E-state index contributed by atoms with van der Waals surface area (Å²) in [5.41, 5.74) is -0.631. The molecule has 3 N–H and O–H groups in total. The van der Waals surface area contributed by atoms with Crippen molar-refractivity contribution in [2.24, 2.45) is 0 Å². The number of rotatable bonds is 6. The predicted molar refractivity (Wildman–Crippen MR) is 73.1 cm³/mol.